The zero-order valence-corrected chi connectivity index (χ0v) is 23.6. The van der Waals surface area contributed by atoms with Crippen LogP contribution in [-0.4, -0.2) is 61.8 Å². The minimum Gasteiger partial charge on any atom is -0.453 e. The van der Waals surface area contributed by atoms with Crippen molar-refractivity contribution in [3.63, 3.8) is 0 Å². The Bertz CT molecular complexity index is 1190. The van der Waals surface area contributed by atoms with E-state index in [1.807, 2.05) is 11.9 Å². The number of piperidine rings is 1. The number of benzene rings is 2. The summed E-state index contributed by atoms with van der Waals surface area (Å²) >= 11 is 0. The van der Waals surface area contributed by atoms with Crippen LogP contribution in [0.3, 0.4) is 0 Å². The van der Waals surface area contributed by atoms with Gasteiger partial charge in [-0.25, -0.2) is 13.6 Å². The van der Waals surface area contributed by atoms with Gasteiger partial charge in [-0.3, -0.25) is 4.79 Å². The van der Waals surface area contributed by atoms with E-state index in [1.54, 1.807) is 25.1 Å². The smallest absolute Gasteiger partial charge is 0.406 e. The highest BCUT2D eigenvalue weighted by Crippen LogP contribution is 2.45. The zero-order chi connectivity index (χ0) is 28.9. The molecule has 3 N–H and O–H groups in total. The summed E-state index contributed by atoms with van der Waals surface area (Å²) in [6, 6.07) is 9.26. The predicted molar refractivity (Wildman–Crippen MR) is 150 cm³/mol. The molecule has 2 fully saturated rings. The number of carbonyl (C=O) groups excluding carboxylic acids is 2. The molecule has 1 saturated heterocycles. The number of nitrogens with zero attached hydrogens (tertiary/aromatic N) is 1. The number of rotatable bonds is 9. The fourth-order valence-corrected chi connectivity index (χ4v) is 6.53. The number of halogens is 2. The van der Waals surface area contributed by atoms with Gasteiger partial charge in [-0.05, 0) is 93.8 Å². The van der Waals surface area contributed by atoms with Crippen molar-refractivity contribution in [2.45, 2.75) is 63.5 Å². The number of aryl methyl sites for hydroxylation is 1. The number of ether oxygens (including phenoxy) is 1. The lowest BCUT2D eigenvalue weighted by atomic mass is 9.72. The second kappa shape index (κ2) is 13.1. The second-order valence-electron chi connectivity index (χ2n) is 11.2. The van der Waals surface area contributed by atoms with E-state index >= 15 is 4.39 Å². The van der Waals surface area contributed by atoms with Crippen LogP contribution in [0.15, 0.2) is 36.4 Å². The van der Waals surface area contributed by atoms with Gasteiger partial charge in [-0.1, -0.05) is 18.2 Å². The number of aliphatic hydroxyl groups is 1. The molecule has 2 aromatic carbocycles. The Morgan fingerprint density at radius 1 is 1.18 bits per heavy atom. The van der Waals surface area contributed by atoms with Gasteiger partial charge in [0.15, 0.2) is 0 Å². The third-order valence-electron chi connectivity index (χ3n) is 8.60. The Kier molecular flexibility index (Phi) is 9.79. The average Bonchev–Trinajstić information content (AvgIpc) is 3.43. The molecule has 0 spiro atoms. The molecule has 4 rings (SSSR count). The van der Waals surface area contributed by atoms with Crippen molar-refractivity contribution in [3.8, 4) is 11.1 Å². The molecule has 0 aromatic heterocycles. The average molecular weight is 558 g/mol. The first-order valence-electron chi connectivity index (χ1n) is 14.2. The number of nitrogens with one attached hydrogen (secondary N) is 2. The van der Waals surface area contributed by atoms with E-state index in [0.717, 1.165) is 19.3 Å². The molecule has 1 heterocycles. The quantitative estimate of drug-likeness (QED) is 0.382. The highest BCUT2D eigenvalue weighted by atomic mass is 19.1. The van der Waals surface area contributed by atoms with Crippen LogP contribution in [0.5, 0.6) is 0 Å². The fourth-order valence-electron chi connectivity index (χ4n) is 6.53. The van der Waals surface area contributed by atoms with E-state index in [2.05, 4.69) is 15.4 Å². The molecule has 0 bridgehead atoms. The van der Waals surface area contributed by atoms with E-state index < -0.39 is 23.3 Å². The first kappa shape index (κ1) is 29.9. The molecule has 1 aliphatic carbocycles. The molecule has 1 saturated carbocycles. The van der Waals surface area contributed by atoms with Gasteiger partial charge in [0.05, 0.1) is 12.7 Å². The van der Waals surface area contributed by atoms with Gasteiger partial charge in [0.1, 0.15) is 11.6 Å². The topological polar surface area (TPSA) is 90.9 Å². The molecule has 0 unspecified atom stereocenters. The molecule has 218 valence electrons. The molecule has 40 heavy (non-hydrogen) atoms. The van der Waals surface area contributed by atoms with Crippen molar-refractivity contribution >= 4 is 12.0 Å². The molecule has 4 atom stereocenters. The molecule has 2 amide bonds. The van der Waals surface area contributed by atoms with E-state index in [0.29, 0.717) is 55.1 Å². The van der Waals surface area contributed by atoms with Crippen LogP contribution in [0.1, 0.15) is 56.1 Å². The Balaban J connectivity index is 1.68. The number of hydrogen-bond donors (Lipinski definition) is 3. The van der Waals surface area contributed by atoms with Gasteiger partial charge in [0.25, 0.3) is 0 Å². The lowest BCUT2D eigenvalue weighted by molar-refractivity contribution is -0.140. The maximum absolute atomic E-state index is 15.5. The second-order valence-corrected chi connectivity index (χ2v) is 11.2. The van der Waals surface area contributed by atoms with Crippen LogP contribution in [-0.2, 0) is 15.1 Å². The fraction of sp³-hybridized carbons (Fsp3) is 0.548. The van der Waals surface area contributed by atoms with Crippen LogP contribution in [0.2, 0.25) is 0 Å². The van der Waals surface area contributed by atoms with Gasteiger partial charge in [0.2, 0.25) is 5.91 Å². The third-order valence-corrected chi connectivity index (χ3v) is 8.60. The van der Waals surface area contributed by atoms with Crippen LogP contribution in [0.4, 0.5) is 13.6 Å². The summed E-state index contributed by atoms with van der Waals surface area (Å²) in [6.45, 7) is 2.96. The summed E-state index contributed by atoms with van der Waals surface area (Å²) < 4.78 is 34.6. The Hall–Kier alpha value is -3.04. The van der Waals surface area contributed by atoms with Crippen molar-refractivity contribution in [2.24, 2.45) is 11.8 Å². The predicted octanol–water partition coefficient (Wildman–Crippen LogP) is 4.89. The highest BCUT2D eigenvalue weighted by Gasteiger charge is 2.44. The van der Waals surface area contributed by atoms with Crippen LogP contribution in [0.25, 0.3) is 11.1 Å². The zero-order valence-electron chi connectivity index (χ0n) is 23.6. The summed E-state index contributed by atoms with van der Waals surface area (Å²) in [5.74, 6) is -1.35. The summed E-state index contributed by atoms with van der Waals surface area (Å²) in [7, 11) is 3.20. The first-order valence-corrected chi connectivity index (χ1v) is 14.2. The number of carbonyl (C=O) groups is 2. The number of hydrogen-bond acceptors (Lipinski definition) is 5. The molecule has 0 radical (unpaired) electrons. The molecule has 7 nitrogen and oxygen atoms in total. The molecule has 2 aliphatic rings. The minimum atomic E-state index is -1.53. The van der Waals surface area contributed by atoms with Crippen molar-refractivity contribution in [2.75, 3.05) is 33.8 Å². The lowest BCUT2D eigenvalue weighted by Crippen LogP contribution is -2.50. The maximum atomic E-state index is 15.5. The molecule has 1 aliphatic heterocycles. The lowest BCUT2D eigenvalue weighted by Gasteiger charge is -2.44. The summed E-state index contributed by atoms with van der Waals surface area (Å²) in [6.07, 6.45) is 3.98. The Labute approximate surface area is 235 Å². The number of likely N-dealkylation sites (tertiary alicyclic amines) is 1. The Morgan fingerprint density at radius 2 is 1.98 bits per heavy atom. The molecule has 2 aromatic rings. The summed E-state index contributed by atoms with van der Waals surface area (Å²) in [4.78, 5) is 27.0. The largest absolute Gasteiger partial charge is 0.453 e. The van der Waals surface area contributed by atoms with E-state index in [9.17, 15) is 19.1 Å². The third kappa shape index (κ3) is 6.63. The molecular formula is C31H41F2N3O4. The standard InChI is InChI=1S/C31H41F2N3O4/c1-20-15-22(17-24(32)16-20)28-26(8-4-9-27(28)33)31(39,12-6-13-35-30(38)40-3)23-7-5-14-36(19-23)29(37)21-10-11-25(18-21)34-2/h4,8-9,15-17,21,23,25,34,39H,5-7,10-14,18-19H2,1-3H3,(H,35,38)/t21-,23-,25+,31+/m1/s1. The number of amides is 2. The van der Waals surface area contributed by atoms with Gasteiger partial charge in [0, 0.05) is 43.1 Å². The van der Waals surface area contributed by atoms with Crippen molar-refractivity contribution in [1.29, 1.82) is 0 Å². The Morgan fingerprint density at radius 3 is 2.67 bits per heavy atom. The van der Waals surface area contributed by atoms with Crippen molar-refractivity contribution in [3.05, 3.63) is 59.2 Å². The summed E-state index contributed by atoms with van der Waals surface area (Å²) in [5, 5.41) is 18.4. The number of methoxy groups -OCH3 is 1. The normalized spacial score (nSPS) is 22.6. The van der Waals surface area contributed by atoms with Gasteiger partial charge >= 0.3 is 6.09 Å². The number of alkyl carbamates (subject to hydrolysis) is 1. The van der Waals surface area contributed by atoms with E-state index in [-0.39, 0.29) is 36.3 Å². The molecule has 9 heteroatoms. The van der Waals surface area contributed by atoms with Gasteiger partial charge in [-0.15, -0.1) is 0 Å². The van der Waals surface area contributed by atoms with Gasteiger partial charge in [-0.2, -0.15) is 0 Å². The monoisotopic (exact) mass is 557 g/mol. The first-order chi connectivity index (χ1) is 19.2. The van der Waals surface area contributed by atoms with E-state index in [4.69, 9.17) is 0 Å². The maximum Gasteiger partial charge on any atom is 0.406 e. The van der Waals surface area contributed by atoms with E-state index in [1.165, 1.54) is 25.3 Å². The minimum absolute atomic E-state index is 0.0476. The van der Waals surface area contributed by atoms with Crippen LogP contribution in [0, 0.1) is 30.4 Å². The van der Waals surface area contributed by atoms with Crippen molar-refractivity contribution in [1.82, 2.24) is 15.5 Å². The van der Waals surface area contributed by atoms with Crippen molar-refractivity contribution < 1.29 is 28.2 Å². The highest BCUT2D eigenvalue weighted by molar-refractivity contribution is 5.79. The van der Waals surface area contributed by atoms with Gasteiger partial charge < -0.3 is 25.4 Å². The molecular weight excluding hydrogens is 516 g/mol. The summed E-state index contributed by atoms with van der Waals surface area (Å²) in [5.41, 5.74) is -0.0153. The van der Waals surface area contributed by atoms with Crippen LogP contribution < -0.4 is 10.6 Å². The van der Waals surface area contributed by atoms with Crippen LogP contribution >= 0.6 is 0 Å². The SMILES string of the molecule is CN[C@H]1CC[C@@H](C(=O)N2CCC[C@@H]([C@@](O)(CCCNC(=O)OC)c3cccc(F)c3-c3cc(C)cc(F)c3)C2)C1.